The molecule has 0 fully saturated rings. The lowest BCUT2D eigenvalue weighted by Gasteiger charge is -2.12. The molecule has 1 rings (SSSR count). The highest BCUT2D eigenvalue weighted by molar-refractivity contribution is 5.13. The van der Waals surface area contributed by atoms with Crippen LogP contribution in [0.1, 0.15) is 5.56 Å². The number of nitrogens with zero attached hydrogens (tertiary/aromatic N) is 1. The molecule has 0 spiro atoms. The van der Waals surface area contributed by atoms with Gasteiger partial charge in [0.05, 0.1) is 19.8 Å². The molecular formula is C13H17NO. The molecule has 1 aromatic rings. The molecule has 2 heteroatoms. The van der Waals surface area contributed by atoms with Gasteiger partial charge in [-0.25, -0.2) is 0 Å². The molecule has 0 heterocycles. The van der Waals surface area contributed by atoms with Crippen molar-refractivity contribution in [2.24, 2.45) is 0 Å². The molecule has 2 nitrogen and oxygen atoms in total. The second-order valence-corrected chi connectivity index (χ2v) is 3.48. The van der Waals surface area contributed by atoms with Crippen molar-refractivity contribution < 1.29 is 4.74 Å². The van der Waals surface area contributed by atoms with Gasteiger partial charge in [0.25, 0.3) is 0 Å². The minimum Gasteiger partial charge on any atom is -0.375 e. The van der Waals surface area contributed by atoms with Gasteiger partial charge in [-0.3, -0.25) is 4.90 Å². The van der Waals surface area contributed by atoms with Crippen molar-refractivity contribution >= 4 is 0 Å². The molecular weight excluding hydrogens is 186 g/mol. The van der Waals surface area contributed by atoms with E-state index in [0.717, 1.165) is 6.54 Å². The SMILES string of the molecule is C#CCN(C)CCOCc1ccccc1. The lowest BCUT2D eigenvalue weighted by Crippen LogP contribution is -2.23. The van der Waals surface area contributed by atoms with Crippen LogP contribution in [0.5, 0.6) is 0 Å². The fraction of sp³-hybridized carbons (Fsp3) is 0.385. The van der Waals surface area contributed by atoms with Crippen molar-refractivity contribution in [3.05, 3.63) is 35.9 Å². The van der Waals surface area contributed by atoms with Crippen LogP contribution in [-0.2, 0) is 11.3 Å². The normalized spacial score (nSPS) is 10.2. The largest absolute Gasteiger partial charge is 0.375 e. The van der Waals surface area contributed by atoms with Crippen LogP contribution >= 0.6 is 0 Å². The van der Waals surface area contributed by atoms with Crippen LogP contribution in [0.4, 0.5) is 0 Å². The predicted molar refractivity (Wildman–Crippen MR) is 62.4 cm³/mol. The Hall–Kier alpha value is -1.30. The Balaban J connectivity index is 2.10. The maximum atomic E-state index is 5.53. The number of terminal acetylenes is 1. The van der Waals surface area contributed by atoms with E-state index in [-0.39, 0.29) is 0 Å². The molecule has 0 aliphatic heterocycles. The van der Waals surface area contributed by atoms with Crippen molar-refractivity contribution in [3.8, 4) is 12.3 Å². The fourth-order valence-electron chi connectivity index (χ4n) is 1.22. The first kappa shape index (κ1) is 11.8. The quantitative estimate of drug-likeness (QED) is 0.516. The molecule has 0 aliphatic rings. The third kappa shape index (κ3) is 5.21. The number of rotatable bonds is 6. The van der Waals surface area contributed by atoms with Crippen LogP contribution < -0.4 is 0 Å². The molecule has 15 heavy (non-hydrogen) atoms. The molecule has 0 unspecified atom stereocenters. The standard InChI is InChI=1S/C13H17NO/c1-3-9-14(2)10-11-15-12-13-7-5-4-6-8-13/h1,4-8H,9-12H2,2H3. The third-order valence-corrected chi connectivity index (χ3v) is 2.09. The molecule has 0 N–H and O–H groups in total. The average molecular weight is 203 g/mol. The summed E-state index contributed by atoms with van der Waals surface area (Å²) in [5, 5.41) is 0. The highest BCUT2D eigenvalue weighted by Crippen LogP contribution is 2.00. The van der Waals surface area contributed by atoms with E-state index in [1.54, 1.807) is 0 Å². The zero-order valence-electron chi connectivity index (χ0n) is 9.15. The summed E-state index contributed by atoms with van der Waals surface area (Å²) in [5.74, 6) is 2.60. The molecule has 0 aromatic heterocycles. The summed E-state index contributed by atoms with van der Waals surface area (Å²) in [5.41, 5.74) is 1.21. The summed E-state index contributed by atoms with van der Waals surface area (Å²) in [7, 11) is 1.99. The smallest absolute Gasteiger partial charge is 0.0717 e. The van der Waals surface area contributed by atoms with Gasteiger partial charge in [-0.1, -0.05) is 36.3 Å². The zero-order chi connectivity index (χ0) is 10.9. The first-order valence-corrected chi connectivity index (χ1v) is 5.06. The molecule has 1 aromatic carbocycles. The van der Waals surface area contributed by atoms with Crippen molar-refractivity contribution in [2.45, 2.75) is 6.61 Å². The van der Waals surface area contributed by atoms with E-state index in [4.69, 9.17) is 11.2 Å². The van der Waals surface area contributed by atoms with Crippen LogP contribution in [0.15, 0.2) is 30.3 Å². The van der Waals surface area contributed by atoms with E-state index in [2.05, 4.69) is 23.0 Å². The minimum atomic E-state index is 0.671. The molecule has 0 radical (unpaired) electrons. The predicted octanol–water partition coefficient (Wildman–Crippen LogP) is 1.77. The van der Waals surface area contributed by atoms with Gasteiger partial charge in [0.2, 0.25) is 0 Å². The Morgan fingerprint density at radius 3 is 2.73 bits per heavy atom. The third-order valence-electron chi connectivity index (χ3n) is 2.09. The fourth-order valence-corrected chi connectivity index (χ4v) is 1.22. The van der Waals surface area contributed by atoms with E-state index in [1.807, 2.05) is 25.2 Å². The molecule has 0 bridgehead atoms. The van der Waals surface area contributed by atoms with Gasteiger partial charge < -0.3 is 4.74 Å². The Morgan fingerprint density at radius 2 is 2.07 bits per heavy atom. The first-order valence-electron chi connectivity index (χ1n) is 5.06. The molecule has 0 aliphatic carbocycles. The number of ether oxygens (including phenoxy) is 1. The van der Waals surface area contributed by atoms with E-state index >= 15 is 0 Å². The van der Waals surface area contributed by atoms with Gasteiger partial charge in [-0.15, -0.1) is 6.42 Å². The Bertz CT molecular complexity index is 302. The average Bonchev–Trinajstić information content (AvgIpc) is 2.26. The highest BCUT2D eigenvalue weighted by atomic mass is 16.5. The van der Waals surface area contributed by atoms with Crippen LogP contribution in [0.3, 0.4) is 0 Å². The van der Waals surface area contributed by atoms with E-state index < -0.39 is 0 Å². The summed E-state index contributed by atoms with van der Waals surface area (Å²) in [6, 6.07) is 10.2. The van der Waals surface area contributed by atoms with Gasteiger partial charge in [0.15, 0.2) is 0 Å². The van der Waals surface area contributed by atoms with Gasteiger partial charge in [0.1, 0.15) is 0 Å². The van der Waals surface area contributed by atoms with E-state index in [1.165, 1.54) is 5.56 Å². The van der Waals surface area contributed by atoms with Crippen LogP contribution in [-0.4, -0.2) is 31.6 Å². The summed E-state index contributed by atoms with van der Waals surface area (Å²) >= 11 is 0. The highest BCUT2D eigenvalue weighted by Gasteiger charge is 1.95. The van der Waals surface area contributed by atoms with Crippen LogP contribution in [0.25, 0.3) is 0 Å². The van der Waals surface area contributed by atoms with E-state index in [9.17, 15) is 0 Å². The monoisotopic (exact) mass is 203 g/mol. The van der Waals surface area contributed by atoms with Crippen molar-refractivity contribution in [1.29, 1.82) is 0 Å². The maximum absolute atomic E-state index is 5.53. The maximum Gasteiger partial charge on any atom is 0.0717 e. The van der Waals surface area contributed by atoms with Crippen molar-refractivity contribution in [1.82, 2.24) is 4.90 Å². The first-order chi connectivity index (χ1) is 7.33. The minimum absolute atomic E-state index is 0.671. The summed E-state index contributed by atoms with van der Waals surface area (Å²) < 4.78 is 5.53. The number of hydrogen-bond acceptors (Lipinski definition) is 2. The summed E-state index contributed by atoms with van der Waals surface area (Å²) in [6.07, 6.45) is 5.19. The Morgan fingerprint density at radius 1 is 1.33 bits per heavy atom. The van der Waals surface area contributed by atoms with Gasteiger partial charge >= 0.3 is 0 Å². The zero-order valence-corrected chi connectivity index (χ0v) is 9.15. The van der Waals surface area contributed by atoms with Gasteiger partial charge in [0, 0.05) is 6.54 Å². The number of likely N-dealkylation sites (N-methyl/N-ethyl adjacent to an activating group) is 1. The second-order valence-electron chi connectivity index (χ2n) is 3.48. The van der Waals surface area contributed by atoms with Gasteiger partial charge in [-0.2, -0.15) is 0 Å². The van der Waals surface area contributed by atoms with E-state index in [0.29, 0.717) is 19.8 Å². The molecule has 0 amide bonds. The lowest BCUT2D eigenvalue weighted by atomic mass is 10.2. The Labute approximate surface area is 91.9 Å². The van der Waals surface area contributed by atoms with Crippen molar-refractivity contribution in [2.75, 3.05) is 26.7 Å². The topological polar surface area (TPSA) is 12.5 Å². The Kier molecular flexibility index (Phi) is 5.54. The second kappa shape index (κ2) is 7.05. The summed E-state index contributed by atoms with van der Waals surface area (Å²) in [4.78, 5) is 2.06. The van der Waals surface area contributed by atoms with Gasteiger partial charge in [-0.05, 0) is 12.6 Å². The number of hydrogen-bond donors (Lipinski definition) is 0. The lowest BCUT2D eigenvalue weighted by molar-refractivity contribution is 0.103. The number of benzene rings is 1. The van der Waals surface area contributed by atoms with Crippen LogP contribution in [0, 0.1) is 12.3 Å². The summed E-state index contributed by atoms with van der Waals surface area (Å²) in [6.45, 7) is 2.93. The van der Waals surface area contributed by atoms with Crippen molar-refractivity contribution in [3.63, 3.8) is 0 Å². The molecule has 80 valence electrons. The molecule has 0 saturated heterocycles. The molecule has 0 atom stereocenters. The van der Waals surface area contributed by atoms with Crippen LogP contribution in [0.2, 0.25) is 0 Å². The molecule has 0 saturated carbocycles.